The third-order valence-electron chi connectivity index (χ3n) is 5.07. The molecule has 2 heterocycles. The van der Waals surface area contributed by atoms with Crippen molar-refractivity contribution >= 4 is 11.7 Å². The summed E-state index contributed by atoms with van der Waals surface area (Å²) in [7, 11) is 0. The van der Waals surface area contributed by atoms with Crippen molar-refractivity contribution in [1.82, 2.24) is 9.88 Å². The van der Waals surface area contributed by atoms with E-state index in [0.29, 0.717) is 58.1 Å². The van der Waals surface area contributed by atoms with E-state index in [-0.39, 0.29) is 17.8 Å². The summed E-state index contributed by atoms with van der Waals surface area (Å²) in [5.74, 6) is 0.766. The Hall–Kier alpha value is -1.91. The van der Waals surface area contributed by atoms with Crippen LogP contribution in [-0.2, 0) is 11.0 Å². The van der Waals surface area contributed by atoms with Crippen LogP contribution >= 0.6 is 0 Å². The number of alkyl halides is 3. The van der Waals surface area contributed by atoms with Gasteiger partial charge in [-0.2, -0.15) is 13.2 Å². The van der Waals surface area contributed by atoms with Gasteiger partial charge in [-0.15, -0.1) is 0 Å². The number of amides is 1. The number of halogens is 3. The quantitative estimate of drug-likeness (QED) is 0.508. The Morgan fingerprint density at radius 2 is 1.71 bits per heavy atom. The first-order valence-electron chi connectivity index (χ1n) is 12.7. The lowest BCUT2D eigenvalue weighted by Crippen LogP contribution is -2.49. The number of hydrogen-bond donors (Lipinski definition) is 3. The van der Waals surface area contributed by atoms with E-state index in [1.165, 1.54) is 6.42 Å². The Morgan fingerprint density at radius 3 is 2.11 bits per heavy atom. The summed E-state index contributed by atoms with van der Waals surface area (Å²) in [4.78, 5) is 19.6. The van der Waals surface area contributed by atoms with Gasteiger partial charge in [-0.25, -0.2) is 4.98 Å². The van der Waals surface area contributed by atoms with Gasteiger partial charge in [0.1, 0.15) is 5.82 Å². The maximum Gasteiger partial charge on any atom is 0.416 e. The molecule has 1 aromatic heterocycles. The molecule has 1 fully saturated rings. The number of nitrogens with zero attached hydrogens (tertiary/aromatic N) is 3. The maximum absolute atomic E-state index is 12.8. The lowest BCUT2D eigenvalue weighted by Gasteiger charge is -2.35. The Balaban J connectivity index is 0. The minimum Gasteiger partial charge on any atom is -0.396 e. The first-order valence-corrected chi connectivity index (χ1v) is 12.7. The summed E-state index contributed by atoms with van der Waals surface area (Å²) in [6.07, 6.45) is -0.0392. The van der Waals surface area contributed by atoms with E-state index in [0.717, 1.165) is 24.8 Å². The zero-order valence-electron chi connectivity index (χ0n) is 22.4. The lowest BCUT2D eigenvalue weighted by atomic mass is 10.1. The first kappa shape index (κ1) is 35.3. The van der Waals surface area contributed by atoms with E-state index in [2.05, 4.69) is 25.8 Å². The third-order valence-corrected chi connectivity index (χ3v) is 5.07. The number of rotatable bonds is 7. The highest BCUT2D eigenvalue weighted by Crippen LogP contribution is 2.30. The summed E-state index contributed by atoms with van der Waals surface area (Å²) in [6.45, 7) is 14.8. The van der Waals surface area contributed by atoms with Crippen molar-refractivity contribution in [3.8, 4) is 0 Å². The van der Waals surface area contributed by atoms with E-state index >= 15 is 0 Å². The summed E-state index contributed by atoms with van der Waals surface area (Å²) >= 11 is 0. The normalized spacial score (nSPS) is 14.9. The van der Waals surface area contributed by atoms with Crippen LogP contribution in [0.25, 0.3) is 0 Å². The third kappa shape index (κ3) is 15.6. The Bertz CT molecular complexity index is 650. The monoisotopic (exact) mass is 507 g/mol. The standard InChI is InChI=1S/C15H22F3N5O.C5H12O.C3H8.C2H6/c16-15(17,18)11-3-4-21-13(9-11)22-5-7-23(8-6-22)14(24)2-1-12(20)10-19;1-3-5(2)4-6;1-3-2;1-2/h3-4,9,12H,1-2,5-8,10,19-20H2;5-6H,3-4H2,1-2H3;3H2,1-2H3;1-2H3. The van der Waals surface area contributed by atoms with Crippen LogP contribution in [0.5, 0.6) is 0 Å². The molecule has 0 saturated carbocycles. The fourth-order valence-electron chi connectivity index (χ4n) is 2.67. The number of carbonyl (C=O) groups is 1. The van der Waals surface area contributed by atoms with Crippen molar-refractivity contribution in [2.75, 3.05) is 44.2 Å². The van der Waals surface area contributed by atoms with Crippen molar-refractivity contribution in [2.45, 2.75) is 79.4 Å². The van der Waals surface area contributed by atoms with Gasteiger partial charge in [-0.05, 0) is 24.5 Å². The molecule has 1 amide bonds. The van der Waals surface area contributed by atoms with Gasteiger partial charge in [0.2, 0.25) is 5.91 Å². The van der Waals surface area contributed by atoms with Crippen molar-refractivity contribution in [3.63, 3.8) is 0 Å². The van der Waals surface area contributed by atoms with Crippen LogP contribution in [0, 0.1) is 5.92 Å². The molecule has 10 heteroatoms. The Kier molecular flexibility index (Phi) is 20.4. The summed E-state index contributed by atoms with van der Waals surface area (Å²) in [5.41, 5.74) is 10.4. The van der Waals surface area contributed by atoms with Gasteiger partial charge >= 0.3 is 6.18 Å². The molecule has 1 saturated heterocycles. The van der Waals surface area contributed by atoms with Gasteiger partial charge in [0, 0.05) is 58.0 Å². The van der Waals surface area contributed by atoms with E-state index in [1.807, 2.05) is 20.8 Å². The number of aliphatic hydroxyl groups excluding tert-OH is 1. The summed E-state index contributed by atoms with van der Waals surface area (Å²) < 4.78 is 38.3. The SMILES string of the molecule is CC.CCC.CCC(C)CO.NCC(N)CCC(=O)N1CCN(c2cc(C(F)(F)F)ccn2)CC1. The van der Waals surface area contributed by atoms with Crippen molar-refractivity contribution in [2.24, 2.45) is 17.4 Å². The Morgan fingerprint density at radius 1 is 1.17 bits per heavy atom. The fraction of sp³-hybridized carbons (Fsp3) is 0.760. The average molecular weight is 508 g/mol. The second kappa shape index (κ2) is 20.3. The van der Waals surface area contributed by atoms with Gasteiger partial charge in [0.15, 0.2) is 0 Å². The number of piperazine rings is 1. The van der Waals surface area contributed by atoms with Gasteiger partial charge < -0.3 is 26.4 Å². The molecule has 1 aliphatic rings. The molecular formula is C25H48F3N5O2. The highest BCUT2D eigenvalue weighted by Gasteiger charge is 2.31. The number of aliphatic hydroxyl groups is 1. The molecule has 0 radical (unpaired) electrons. The van der Waals surface area contributed by atoms with E-state index in [9.17, 15) is 18.0 Å². The zero-order chi connectivity index (χ0) is 27.4. The van der Waals surface area contributed by atoms with Crippen molar-refractivity contribution < 1.29 is 23.1 Å². The van der Waals surface area contributed by atoms with E-state index in [1.54, 1.807) is 9.80 Å². The molecule has 1 aliphatic heterocycles. The highest BCUT2D eigenvalue weighted by molar-refractivity contribution is 5.76. The van der Waals surface area contributed by atoms with Crippen LogP contribution in [0.15, 0.2) is 18.3 Å². The number of hydrogen-bond acceptors (Lipinski definition) is 6. The molecule has 206 valence electrons. The zero-order valence-corrected chi connectivity index (χ0v) is 22.4. The molecule has 0 aliphatic carbocycles. The largest absolute Gasteiger partial charge is 0.416 e. The minimum atomic E-state index is -4.39. The number of nitrogens with two attached hydrogens (primary N) is 2. The predicted molar refractivity (Wildman–Crippen MR) is 138 cm³/mol. The van der Waals surface area contributed by atoms with Crippen molar-refractivity contribution in [1.29, 1.82) is 0 Å². The van der Waals surface area contributed by atoms with Crippen LogP contribution in [-0.4, -0.2) is 66.3 Å². The predicted octanol–water partition coefficient (Wildman–Crippen LogP) is 4.28. The number of anilines is 1. The number of pyridine rings is 1. The highest BCUT2D eigenvalue weighted by atomic mass is 19.4. The number of carbonyl (C=O) groups excluding carboxylic acids is 1. The molecule has 0 spiro atoms. The molecule has 0 bridgehead atoms. The maximum atomic E-state index is 12.8. The van der Waals surface area contributed by atoms with Gasteiger partial charge in [0.25, 0.3) is 0 Å². The molecule has 2 unspecified atom stereocenters. The van der Waals surface area contributed by atoms with Gasteiger partial charge in [-0.1, -0.05) is 54.4 Å². The molecule has 5 N–H and O–H groups in total. The van der Waals surface area contributed by atoms with Crippen molar-refractivity contribution in [3.05, 3.63) is 23.9 Å². The topological polar surface area (TPSA) is 109 Å². The van der Waals surface area contributed by atoms with Crippen LogP contribution < -0.4 is 16.4 Å². The summed E-state index contributed by atoms with van der Waals surface area (Å²) in [6, 6.07) is 1.80. The van der Waals surface area contributed by atoms with Crippen LogP contribution in [0.4, 0.5) is 19.0 Å². The molecular weight excluding hydrogens is 459 g/mol. The molecule has 35 heavy (non-hydrogen) atoms. The van der Waals surface area contributed by atoms with E-state index in [4.69, 9.17) is 16.6 Å². The molecule has 2 atom stereocenters. The summed E-state index contributed by atoms with van der Waals surface area (Å²) in [5, 5.41) is 8.33. The molecule has 7 nitrogen and oxygen atoms in total. The fourth-order valence-corrected chi connectivity index (χ4v) is 2.67. The second-order valence-corrected chi connectivity index (χ2v) is 8.21. The smallest absolute Gasteiger partial charge is 0.396 e. The van der Waals surface area contributed by atoms with Gasteiger partial charge in [0.05, 0.1) is 5.56 Å². The first-order chi connectivity index (χ1) is 16.5. The molecule has 1 aromatic rings. The number of aromatic nitrogens is 1. The van der Waals surface area contributed by atoms with Crippen LogP contribution in [0.1, 0.15) is 72.8 Å². The second-order valence-electron chi connectivity index (χ2n) is 8.21. The Labute approximate surface area is 210 Å². The molecule has 0 aromatic carbocycles. The van der Waals surface area contributed by atoms with Crippen LogP contribution in [0.3, 0.4) is 0 Å². The minimum absolute atomic E-state index is 0.00412. The van der Waals surface area contributed by atoms with Gasteiger partial charge in [-0.3, -0.25) is 4.79 Å². The average Bonchev–Trinajstić information content (AvgIpc) is 2.88. The lowest BCUT2D eigenvalue weighted by molar-refractivity contribution is -0.137. The van der Waals surface area contributed by atoms with E-state index < -0.39 is 11.7 Å². The van der Waals surface area contributed by atoms with Crippen LogP contribution in [0.2, 0.25) is 0 Å². The molecule has 2 rings (SSSR count).